The van der Waals surface area contributed by atoms with Crippen molar-refractivity contribution in [2.45, 2.75) is 6.92 Å². The molecule has 0 radical (unpaired) electrons. The average molecular weight is 105 g/mol. The minimum absolute atomic E-state index is 0.202. The Bertz CT molecular complexity index is 26.7. The van der Waals surface area contributed by atoms with Crippen LogP contribution in [0.5, 0.6) is 0 Å². The van der Waals surface area contributed by atoms with Crippen LogP contribution < -0.4 is 5.73 Å². The molecule has 0 aromatic heterocycles. The molecule has 0 heterocycles. The third kappa shape index (κ3) is 2.62. The van der Waals surface area contributed by atoms with Gasteiger partial charge in [0.1, 0.15) is 0 Å². The first-order valence-corrected chi connectivity index (χ1v) is 4.35. The Morgan fingerprint density at radius 3 is 2.17 bits per heavy atom. The molecule has 0 saturated carbocycles. The highest BCUT2D eigenvalue weighted by Gasteiger charge is 1.87. The molecule has 0 saturated heterocycles. The Balaban J connectivity index is 2.75. The van der Waals surface area contributed by atoms with Crippen molar-refractivity contribution < 1.29 is 0 Å². The molecule has 1 atom stereocenters. The molecule has 6 heavy (non-hydrogen) atoms. The van der Waals surface area contributed by atoms with E-state index in [1.165, 1.54) is 6.16 Å². The zero-order chi connectivity index (χ0) is 4.99. The molecular formula is C4H12NP. The van der Waals surface area contributed by atoms with Gasteiger partial charge in [-0.05, 0) is 12.8 Å². The topological polar surface area (TPSA) is 26.0 Å². The summed E-state index contributed by atoms with van der Waals surface area (Å²) < 4.78 is 0. The van der Waals surface area contributed by atoms with Gasteiger partial charge in [0.05, 0.1) is 0 Å². The molecule has 0 bridgehead atoms. The highest BCUT2D eigenvalue weighted by molar-refractivity contribution is 7.56. The maximum Gasteiger partial charge on any atom is 0.0125 e. The second kappa shape index (κ2) is 3.58. The van der Waals surface area contributed by atoms with E-state index >= 15 is 0 Å². The second-order valence-electron chi connectivity index (χ2n) is 1.35. The summed E-state index contributed by atoms with van der Waals surface area (Å²) in [6, 6.07) is 0. The SMILES string of the molecule is CC[P@](C)CN. The van der Waals surface area contributed by atoms with Crippen molar-refractivity contribution in [1.82, 2.24) is 0 Å². The lowest BCUT2D eigenvalue weighted by atomic mass is 11.0. The molecule has 0 rings (SSSR count). The first-order chi connectivity index (χ1) is 2.81. The van der Waals surface area contributed by atoms with Crippen LogP contribution in [0.2, 0.25) is 0 Å². The van der Waals surface area contributed by atoms with E-state index in [0.29, 0.717) is 0 Å². The van der Waals surface area contributed by atoms with Crippen LogP contribution in [0.1, 0.15) is 6.92 Å². The molecule has 0 unspecified atom stereocenters. The van der Waals surface area contributed by atoms with Crippen molar-refractivity contribution in [2.75, 3.05) is 19.1 Å². The molecular weight excluding hydrogens is 93.0 g/mol. The molecule has 0 aliphatic rings. The van der Waals surface area contributed by atoms with Crippen molar-refractivity contribution in [1.29, 1.82) is 0 Å². The van der Waals surface area contributed by atoms with E-state index in [2.05, 4.69) is 13.6 Å². The first-order valence-electron chi connectivity index (χ1n) is 2.20. The minimum Gasteiger partial charge on any atom is -0.327 e. The van der Waals surface area contributed by atoms with Crippen molar-refractivity contribution in [3.05, 3.63) is 0 Å². The van der Waals surface area contributed by atoms with Crippen LogP contribution in [0.15, 0.2) is 0 Å². The van der Waals surface area contributed by atoms with Gasteiger partial charge in [-0.1, -0.05) is 14.8 Å². The Hall–Kier alpha value is 0.390. The zero-order valence-corrected chi connectivity index (χ0v) is 5.33. The lowest BCUT2D eigenvalue weighted by Crippen LogP contribution is -1.95. The highest BCUT2D eigenvalue weighted by atomic mass is 31.1. The Labute approximate surface area is 40.7 Å². The van der Waals surface area contributed by atoms with Gasteiger partial charge in [0.15, 0.2) is 0 Å². The van der Waals surface area contributed by atoms with Gasteiger partial charge in [-0.3, -0.25) is 0 Å². The fourth-order valence-corrected chi connectivity index (χ4v) is 0.387. The third-order valence-corrected chi connectivity index (χ3v) is 2.55. The van der Waals surface area contributed by atoms with Gasteiger partial charge in [-0.15, -0.1) is 0 Å². The minimum atomic E-state index is 0.202. The molecule has 0 fully saturated rings. The van der Waals surface area contributed by atoms with E-state index in [4.69, 9.17) is 5.73 Å². The summed E-state index contributed by atoms with van der Waals surface area (Å²) in [6.45, 7) is 4.40. The van der Waals surface area contributed by atoms with Crippen LogP contribution in [0.3, 0.4) is 0 Å². The van der Waals surface area contributed by atoms with Gasteiger partial charge in [0.2, 0.25) is 0 Å². The summed E-state index contributed by atoms with van der Waals surface area (Å²) in [5.74, 6) is 0. The van der Waals surface area contributed by atoms with Gasteiger partial charge in [-0.25, -0.2) is 0 Å². The summed E-state index contributed by atoms with van der Waals surface area (Å²) in [5, 5.41) is 0. The molecule has 0 amide bonds. The maximum absolute atomic E-state index is 5.31. The van der Waals surface area contributed by atoms with Crippen LogP contribution in [0.25, 0.3) is 0 Å². The molecule has 0 aliphatic heterocycles. The largest absolute Gasteiger partial charge is 0.327 e. The molecule has 0 spiro atoms. The van der Waals surface area contributed by atoms with E-state index in [9.17, 15) is 0 Å². The molecule has 2 heteroatoms. The van der Waals surface area contributed by atoms with E-state index in [1.807, 2.05) is 0 Å². The molecule has 38 valence electrons. The van der Waals surface area contributed by atoms with Crippen LogP contribution in [-0.4, -0.2) is 19.1 Å². The predicted octanol–water partition coefficient (Wildman–Crippen LogP) is 1.03. The van der Waals surface area contributed by atoms with Gasteiger partial charge >= 0.3 is 0 Å². The summed E-state index contributed by atoms with van der Waals surface area (Å²) >= 11 is 0. The monoisotopic (exact) mass is 105 g/mol. The van der Waals surface area contributed by atoms with Crippen molar-refractivity contribution in [2.24, 2.45) is 5.73 Å². The van der Waals surface area contributed by atoms with E-state index in [1.54, 1.807) is 0 Å². The van der Waals surface area contributed by atoms with Gasteiger partial charge in [0.25, 0.3) is 0 Å². The lowest BCUT2D eigenvalue weighted by Gasteiger charge is -2.00. The second-order valence-corrected chi connectivity index (χ2v) is 4.06. The van der Waals surface area contributed by atoms with E-state index < -0.39 is 0 Å². The summed E-state index contributed by atoms with van der Waals surface area (Å²) in [6.07, 6.45) is 2.16. The van der Waals surface area contributed by atoms with Crippen LogP contribution >= 0.6 is 7.92 Å². The molecule has 1 nitrogen and oxygen atoms in total. The molecule has 2 N–H and O–H groups in total. The van der Waals surface area contributed by atoms with E-state index in [-0.39, 0.29) is 7.92 Å². The normalized spacial score (nSPS) is 14.5. The van der Waals surface area contributed by atoms with Crippen LogP contribution in [-0.2, 0) is 0 Å². The summed E-state index contributed by atoms with van der Waals surface area (Å²) in [7, 11) is 0.202. The fraction of sp³-hybridized carbons (Fsp3) is 1.00. The van der Waals surface area contributed by atoms with Crippen molar-refractivity contribution in [3.8, 4) is 0 Å². The fourth-order valence-electron chi connectivity index (χ4n) is 0.129. The van der Waals surface area contributed by atoms with Gasteiger partial charge in [-0.2, -0.15) is 0 Å². The number of hydrogen-bond donors (Lipinski definition) is 1. The molecule has 0 aromatic carbocycles. The first kappa shape index (κ1) is 6.39. The Kier molecular flexibility index (Phi) is 3.81. The zero-order valence-electron chi connectivity index (χ0n) is 4.44. The molecule has 0 aromatic rings. The summed E-state index contributed by atoms with van der Waals surface area (Å²) in [4.78, 5) is 0. The Morgan fingerprint density at radius 1 is 1.67 bits per heavy atom. The number of hydrogen-bond acceptors (Lipinski definition) is 1. The van der Waals surface area contributed by atoms with Crippen molar-refractivity contribution in [3.63, 3.8) is 0 Å². The van der Waals surface area contributed by atoms with E-state index in [0.717, 1.165) is 6.29 Å². The number of nitrogens with two attached hydrogens (primary N) is 1. The van der Waals surface area contributed by atoms with Crippen LogP contribution in [0, 0.1) is 0 Å². The predicted molar refractivity (Wildman–Crippen MR) is 32.4 cm³/mol. The van der Waals surface area contributed by atoms with Gasteiger partial charge in [0, 0.05) is 6.29 Å². The standard InChI is InChI=1S/C4H12NP/c1-3-6(2)4-5/h3-5H2,1-2H3/t6-/m0/s1. The maximum atomic E-state index is 5.31. The third-order valence-electron chi connectivity index (χ3n) is 0.852. The molecule has 0 aliphatic carbocycles. The van der Waals surface area contributed by atoms with Gasteiger partial charge < -0.3 is 5.73 Å². The average Bonchev–Trinajstić information content (AvgIpc) is 1.65. The lowest BCUT2D eigenvalue weighted by molar-refractivity contribution is 1.34. The quantitative estimate of drug-likeness (QED) is 0.521. The summed E-state index contributed by atoms with van der Waals surface area (Å²) in [5.41, 5.74) is 5.31. The van der Waals surface area contributed by atoms with Crippen LogP contribution in [0.4, 0.5) is 0 Å². The highest BCUT2D eigenvalue weighted by Crippen LogP contribution is 2.25. The van der Waals surface area contributed by atoms with Crippen molar-refractivity contribution >= 4 is 7.92 Å². The smallest absolute Gasteiger partial charge is 0.0125 e. The number of rotatable bonds is 2. The Morgan fingerprint density at radius 2 is 2.17 bits per heavy atom.